The van der Waals surface area contributed by atoms with Gasteiger partial charge in [-0.1, -0.05) is 44.2 Å². The zero-order valence-electron chi connectivity index (χ0n) is 19.4. The molecule has 3 N–H and O–H groups in total. The monoisotopic (exact) mass is 553 g/mol. The second kappa shape index (κ2) is 12.8. The van der Waals surface area contributed by atoms with E-state index in [0.29, 0.717) is 12.6 Å². The molecule has 2 aliphatic carbocycles. The van der Waals surface area contributed by atoms with Gasteiger partial charge in [0.05, 0.1) is 0 Å². The fraction of sp³-hybridized carbons (Fsp3) is 0.680. The Morgan fingerprint density at radius 2 is 1.81 bits per heavy atom. The van der Waals surface area contributed by atoms with Crippen molar-refractivity contribution in [1.82, 2.24) is 15.5 Å². The van der Waals surface area contributed by atoms with Gasteiger partial charge in [0.25, 0.3) is 0 Å². The topological polar surface area (TPSA) is 68.8 Å². The molecule has 0 spiro atoms. The number of hydrogen-bond donors (Lipinski definition) is 3. The molecular formula is C25H40IN5O. The molecule has 0 aromatic heterocycles. The molecule has 1 atom stereocenters. The van der Waals surface area contributed by atoms with E-state index in [0.717, 1.165) is 42.6 Å². The Morgan fingerprint density at radius 3 is 2.56 bits per heavy atom. The Balaban J connectivity index is 0.00000289. The number of guanidine groups is 1. The lowest BCUT2D eigenvalue weighted by molar-refractivity contribution is -0.120. The van der Waals surface area contributed by atoms with Crippen LogP contribution in [0, 0.1) is 5.92 Å². The molecule has 1 heterocycles. The van der Waals surface area contributed by atoms with Crippen LogP contribution in [0.15, 0.2) is 29.3 Å². The molecule has 3 fully saturated rings. The van der Waals surface area contributed by atoms with E-state index < -0.39 is 0 Å². The first-order valence-corrected chi connectivity index (χ1v) is 12.3. The van der Waals surface area contributed by atoms with Gasteiger partial charge in [0.2, 0.25) is 5.91 Å². The number of nitrogens with zero attached hydrogens (tertiary/aromatic N) is 2. The van der Waals surface area contributed by atoms with Gasteiger partial charge in [-0.2, -0.15) is 0 Å². The lowest BCUT2D eigenvalue weighted by Gasteiger charge is -2.24. The Bertz CT molecular complexity index is 758. The minimum atomic E-state index is 0. The van der Waals surface area contributed by atoms with E-state index in [1.807, 2.05) is 19.2 Å². The van der Waals surface area contributed by atoms with E-state index in [2.05, 4.69) is 38.0 Å². The summed E-state index contributed by atoms with van der Waals surface area (Å²) in [4.78, 5) is 19.6. The lowest BCUT2D eigenvalue weighted by Crippen LogP contribution is -2.45. The number of likely N-dealkylation sites (tertiary alicyclic amines) is 1. The lowest BCUT2D eigenvalue weighted by atomic mass is 9.88. The van der Waals surface area contributed by atoms with Crippen molar-refractivity contribution in [3.63, 3.8) is 0 Å². The van der Waals surface area contributed by atoms with Gasteiger partial charge in [-0.05, 0) is 49.8 Å². The molecule has 32 heavy (non-hydrogen) atoms. The molecule has 178 valence electrons. The first-order chi connectivity index (χ1) is 15.2. The highest BCUT2D eigenvalue weighted by molar-refractivity contribution is 14.0. The van der Waals surface area contributed by atoms with E-state index in [9.17, 15) is 4.79 Å². The summed E-state index contributed by atoms with van der Waals surface area (Å²) in [5.41, 5.74) is 2.03. The Morgan fingerprint density at radius 1 is 1.06 bits per heavy atom. The Kier molecular flexibility index (Phi) is 10.1. The number of amides is 1. The number of carbonyl (C=O) groups is 1. The molecule has 1 unspecified atom stereocenters. The Hall–Kier alpha value is -1.35. The normalized spacial score (nSPS) is 23.0. The van der Waals surface area contributed by atoms with Crippen molar-refractivity contribution in [3.8, 4) is 0 Å². The van der Waals surface area contributed by atoms with Gasteiger partial charge in [-0.3, -0.25) is 14.7 Å². The highest BCUT2D eigenvalue weighted by Gasteiger charge is 2.30. The molecule has 1 aromatic carbocycles. The maximum Gasteiger partial charge on any atom is 0.227 e. The molecule has 0 radical (unpaired) electrons. The second-order valence-corrected chi connectivity index (χ2v) is 9.51. The molecule has 1 aromatic rings. The zero-order valence-corrected chi connectivity index (χ0v) is 21.8. The van der Waals surface area contributed by atoms with Crippen LogP contribution in [0.2, 0.25) is 0 Å². The average molecular weight is 554 g/mol. The highest BCUT2D eigenvalue weighted by Crippen LogP contribution is 2.27. The highest BCUT2D eigenvalue weighted by atomic mass is 127. The third kappa shape index (κ3) is 7.07. The van der Waals surface area contributed by atoms with Crippen molar-refractivity contribution < 1.29 is 4.79 Å². The van der Waals surface area contributed by atoms with Gasteiger partial charge in [0.1, 0.15) is 0 Å². The van der Waals surface area contributed by atoms with Crippen LogP contribution in [0.4, 0.5) is 5.69 Å². The summed E-state index contributed by atoms with van der Waals surface area (Å²) in [6.45, 7) is 3.00. The summed E-state index contributed by atoms with van der Waals surface area (Å²) >= 11 is 0. The van der Waals surface area contributed by atoms with Gasteiger partial charge in [-0.25, -0.2) is 0 Å². The molecule has 2 saturated carbocycles. The number of nitrogens with one attached hydrogen (secondary N) is 3. The summed E-state index contributed by atoms with van der Waals surface area (Å²) < 4.78 is 0. The smallest absolute Gasteiger partial charge is 0.227 e. The number of carbonyl (C=O) groups excluding carboxylic acids is 1. The van der Waals surface area contributed by atoms with E-state index in [1.54, 1.807) is 0 Å². The Labute approximate surface area is 210 Å². The average Bonchev–Trinajstić information content (AvgIpc) is 3.49. The standard InChI is InChI=1S/C25H39N5O.HI/c1-26-25(29-22-14-15-30(18-22)23-12-5-6-13-23)27-17-19-8-7-11-21(16-19)28-24(31)20-9-3-2-4-10-20;/h7-8,11,16,20,22-23H,2-6,9-10,12-15,17-18H2,1H3,(H,28,31)(H2,26,27,29);1H. The molecule has 0 bridgehead atoms. The third-order valence-corrected chi connectivity index (χ3v) is 7.26. The summed E-state index contributed by atoms with van der Waals surface area (Å²) in [5.74, 6) is 1.21. The van der Waals surface area contributed by atoms with Crippen molar-refractivity contribution in [1.29, 1.82) is 0 Å². The van der Waals surface area contributed by atoms with Crippen molar-refractivity contribution in [2.45, 2.75) is 82.8 Å². The van der Waals surface area contributed by atoms with Crippen LogP contribution in [0.3, 0.4) is 0 Å². The van der Waals surface area contributed by atoms with Gasteiger partial charge < -0.3 is 16.0 Å². The van der Waals surface area contributed by atoms with Gasteiger partial charge in [-0.15, -0.1) is 24.0 Å². The second-order valence-electron chi connectivity index (χ2n) is 9.51. The number of aliphatic imine (C=N–C) groups is 1. The summed E-state index contributed by atoms with van der Waals surface area (Å²) in [7, 11) is 1.83. The van der Waals surface area contributed by atoms with Crippen LogP contribution < -0.4 is 16.0 Å². The van der Waals surface area contributed by atoms with Crippen molar-refractivity contribution >= 4 is 41.5 Å². The summed E-state index contributed by atoms with van der Waals surface area (Å²) in [6.07, 6.45) is 12.4. The molecule has 3 aliphatic rings. The van der Waals surface area contributed by atoms with Crippen LogP contribution in [-0.4, -0.2) is 49.0 Å². The number of halogens is 1. The molecule has 1 amide bonds. The molecule has 6 nitrogen and oxygen atoms in total. The minimum Gasteiger partial charge on any atom is -0.352 e. The van der Waals surface area contributed by atoms with Gasteiger partial charge in [0, 0.05) is 50.4 Å². The molecule has 7 heteroatoms. The van der Waals surface area contributed by atoms with Gasteiger partial charge >= 0.3 is 0 Å². The first kappa shape index (κ1) is 25.3. The maximum atomic E-state index is 12.5. The molecule has 4 rings (SSSR count). The van der Waals surface area contributed by atoms with Crippen LogP contribution >= 0.6 is 24.0 Å². The van der Waals surface area contributed by atoms with Crippen molar-refractivity contribution in [2.24, 2.45) is 10.9 Å². The van der Waals surface area contributed by atoms with Crippen LogP contribution in [-0.2, 0) is 11.3 Å². The van der Waals surface area contributed by atoms with E-state index in [1.165, 1.54) is 57.9 Å². The predicted octanol–water partition coefficient (Wildman–Crippen LogP) is 4.51. The summed E-state index contributed by atoms with van der Waals surface area (Å²) in [5, 5.41) is 10.2. The zero-order chi connectivity index (χ0) is 21.5. The van der Waals surface area contributed by atoms with Crippen LogP contribution in [0.25, 0.3) is 0 Å². The number of hydrogen-bond acceptors (Lipinski definition) is 3. The van der Waals surface area contributed by atoms with Crippen LogP contribution in [0.1, 0.15) is 69.8 Å². The number of anilines is 1. The fourth-order valence-electron chi connectivity index (χ4n) is 5.45. The fourth-order valence-corrected chi connectivity index (χ4v) is 5.45. The SMILES string of the molecule is CN=C(NCc1cccc(NC(=O)C2CCCCC2)c1)NC1CCN(C2CCCC2)C1.I. The summed E-state index contributed by atoms with van der Waals surface area (Å²) in [6, 6.07) is 9.42. The predicted molar refractivity (Wildman–Crippen MR) is 143 cm³/mol. The largest absolute Gasteiger partial charge is 0.352 e. The number of rotatable bonds is 6. The number of benzene rings is 1. The maximum absolute atomic E-state index is 12.5. The quantitative estimate of drug-likeness (QED) is 0.276. The minimum absolute atomic E-state index is 0. The van der Waals surface area contributed by atoms with E-state index in [4.69, 9.17) is 0 Å². The molecular weight excluding hydrogens is 513 g/mol. The third-order valence-electron chi connectivity index (χ3n) is 7.26. The first-order valence-electron chi connectivity index (χ1n) is 12.3. The molecule has 1 saturated heterocycles. The van der Waals surface area contributed by atoms with E-state index >= 15 is 0 Å². The van der Waals surface area contributed by atoms with Crippen molar-refractivity contribution in [3.05, 3.63) is 29.8 Å². The van der Waals surface area contributed by atoms with Crippen molar-refractivity contribution in [2.75, 3.05) is 25.5 Å². The van der Waals surface area contributed by atoms with E-state index in [-0.39, 0.29) is 35.8 Å². The molecule has 1 aliphatic heterocycles. The van der Waals surface area contributed by atoms with Gasteiger partial charge in [0.15, 0.2) is 5.96 Å². The van der Waals surface area contributed by atoms with Crippen LogP contribution in [0.5, 0.6) is 0 Å².